The van der Waals surface area contributed by atoms with Crippen LogP contribution in [-0.4, -0.2) is 0 Å². The second-order valence-corrected chi connectivity index (χ2v) is 6.27. The van der Waals surface area contributed by atoms with E-state index in [1.807, 2.05) is 24.3 Å². The molecule has 0 heterocycles. The van der Waals surface area contributed by atoms with E-state index < -0.39 is 0 Å². The van der Waals surface area contributed by atoms with Gasteiger partial charge in [-0.3, -0.25) is 0 Å². The molecule has 3 heteroatoms. The molecule has 124 valence electrons. The van der Waals surface area contributed by atoms with Crippen molar-refractivity contribution in [2.45, 2.75) is 44.8 Å². The molecule has 0 radical (unpaired) electrons. The first-order valence-corrected chi connectivity index (χ1v) is 8.35. The van der Waals surface area contributed by atoms with Gasteiger partial charge >= 0.3 is 0 Å². The number of benzene rings is 2. The van der Waals surface area contributed by atoms with Gasteiger partial charge in [0.2, 0.25) is 0 Å². The van der Waals surface area contributed by atoms with Crippen molar-refractivity contribution in [2.24, 2.45) is 11.7 Å². The zero-order chi connectivity index (χ0) is 15.2. The van der Waals surface area contributed by atoms with Crippen LogP contribution in [0.2, 0.25) is 0 Å². The van der Waals surface area contributed by atoms with E-state index in [9.17, 15) is 0 Å². The van der Waals surface area contributed by atoms with Crippen molar-refractivity contribution >= 4 is 12.4 Å². The zero-order valence-corrected chi connectivity index (χ0v) is 14.3. The molecule has 2 nitrogen and oxygen atoms in total. The third kappa shape index (κ3) is 4.98. The topological polar surface area (TPSA) is 35.2 Å². The Morgan fingerprint density at radius 1 is 0.957 bits per heavy atom. The fourth-order valence-electron chi connectivity index (χ4n) is 3.32. The minimum atomic E-state index is 0. The van der Waals surface area contributed by atoms with Crippen LogP contribution in [-0.2, 0) is 6.61 Å². The Morgan fingerprint density at radius 2 is 1.70 bits per heavy atom. The maximum Gasteiger partial charge on any atom is 0.120 e. The first-order chi connectivity index (χ1) is 10.8. The van der Waals surface area contributed by atoms with E-state index in [2.05, 4.69) is 30.3 Å². The van der Waals surface area contributed by atoms with Crippen LogP contribution in [0.15, 0.2) is 54.6 Å². The monoisotopic (exact) mass is 331 g/mol. The molecule has 3 rings (SSSR count). The van der Waals surface area contributed by atoms with Crippen molar-refractivity contribution < 1.29 is 4.74 Å². The largest absolute Gasteiger partial charge is 0.489 e. The predicted octanol–water partition coefficient (Wildman–Crippen LogP) is 5.27. The van der Waals surface area contributed by atoms with Gasteiger partial charge in [-0.25, -0.2) is 0 Å². The summed E-state index contributed by atoms with van der Waals surface area (Å²) in [5, 5.41) is 0. The normalized spacial score (nSPS) is 16.4. The van der Waals surface area contributed by atoms with Crippen LogP contribution in [0, 0.1) is 5.92 Å². The molecule has 0 spiro atoms. The summed E-state index contributed by atoms with van der Waals surface area (Å²) in [6.45, 7) is 0.600. The zero-order valence-electron chi connectivity index (χ0n) is 13.5. The van der Waals surface area contributed by atoms with E-state index >= 15 is 0 Å². The molecule has 1 atom stereocenters. The first-order valence-electron chi connectivity index (χ1n) is 8.35. The fraction of sp³-hybridized carbons (Fsp3) is 0.400. The summed E-state index contributed by atoms with van der Waals surface area (Å²) in [5.41, 5.74) is 8.88. The third-order valence-electron chi connectivity index (χ3n) is 4.65. The Bertz CT molecular complexity index is 581. The highest BCUT2D eigenvalue weighted by molar-refractivity contribution is 5.85. The number of hydrogen-bond donors (Lipinski definition) is 1. The summed E-state index contributed by atoms with van der Waals surface area (Å²) in [5.74, 6) is 1.53. The Kier molecular flexibility index (Phi) is 6.94. The Labute approximate surface area is 145 Å². The standard InChI is InChI=1S/C20H25NO.ClH/c21-20(17-10-5-2-6-11-17)18-12-7-13-19(14-18)22-15-16-8-3-1-4-9-16;/h1,3-4,7-9,12-14,17,20H,2,5-6,10-11,15,21H2;1H/t20-;/m0./s1. The minimum Gasteiger partial charge on any atom is -0.489 e. The number of halogens is 1. The van der Waals surface area contributed by atoms with Crippen LogP contribution in [0.25, 0.3) is 0 Å². The molecule has 0 saturated heterocycles. The minimum absolute atomic E-state index is 0. The molecule has 1 saturated carbocycles. The predicted molar refractivity (Wildman–Crippen MR) is 98.0 cm³/mol. The van der Waals surface area contributed by atoms with E-state index in [0.717, 1.165) is 5.75 Å². The summed E-state index contributed by atoms with van der Waals surface area (Å²) in [7, 11) is 0. The lowest BCUT2D eigenvalue weighted by Gasteiger charge is -2.28. The molecule has 0 bridgehead atoms. The van der Waals surface area contributed by atoms with Gasteiger partial charge in [0.15, 0.2) is 0 Å². The number of rotatable bonds is 5. The second kappa shape index (κ2) is 8.95. The molecule has 0 aromatic heterocycles. The van der Waals surface area contributed by atoms with Gasteiger partial charge in [-0.2, -0.15) is 0 Å². The van der Waals surface area contributed by atoms with Gasteiger partial charge in [0.1, 0.15) is 12.4 Å². The van der Waals surface area contributed by atoms with Crippen LogP contribution in [0.4, 0.5) is 0 Å². The smallest absolute Gasteiger partial charge is 0.120 e. The lowest BCUT2D eigenvalue weighted by atomic mass is 9.81. The van der Waals surface area contributed by atoms with Crippen LogP contribution < -0.4 is 10.5 Å². The molecule has 0 aliphatic heterocycles. The molecule has 0 unspecified atom stereocenters. The van der Waals surface area contributed by atoms with Crippen molar-refractivity contribution in [1.29, 1.82) is 0 Å². The Balaban J connectivity index is 0.00000192. The van der Waals surface area contributed by atoms with Gasteiger partial charge in [-0.15, -0.1) is 12.4 Å². The number of hydrogen-bond acceptors (Lipinski definition) is 2. The van der Waals surface area contributed by atoms with Crippen molar-refractivity contribution in [3.05, 3.63) is 65.7 Å². The highest BCUT2D eigenvalue weighted by Crippen LogP contribution is 2.33. The van der Waals surface area contributed by atoms with Crippen molar-refractivity contribution in [1.82, 2.24) is 0 Å². The summed E-state index contributed by atoms with van der Waals surface area (Å²) in [6.07, 6.45) is 6.53. The van der Waals surface area contributed by atoms with E-state index in [4.69, 9.17) is 10.5 Å². The maximum absolute atomic E-state index is 6.49. The van der Waals surface area contributed by atoms with Crippen LogP contribution >= 0.6 is 12.4 Å². The fourth-order valence-corrected chi connectivity index (χ4v) is 3.32. The molecule has 2 aromatic rings. The van der Waals surface area contributed by atoms with Crippen LogP contribution in [0.1, 0.15) is 49.3 Å². The van der Waals surface area contributed by atoms with E-state index in [-0.39, 0.29) is 18.4 Å². The maximum atomic E-state index is 6.49. The van der Waals surface area contributed by atoms with Gasteiger partial charge < -0.3 is 10.5 Å². The van der Waals surface area contributed by atoms with Crippen LogP contribution in [0.3, 0.4) is 0 Å². The average molecular weight is 332 g/mol. The summed E-state index contributed by atoms with van der Waals surface area (Å²) in [6, 6.07) is 18.7. The lowest BCUT2D eigenvalue weighted by Crippen LogP contribution is -2.23. The van der Waals surface area contributed by atoms with E-state index in [1.165, 1.54) is 43.2 Å². The summed E-state index contributed by atoms with van der Waals surface area (Å²) >= 11 is 0. The summed E-state index contributed by atoms with van der Waals surface area (Å²) in [4.78, 5) is 0. The highest BCUT2D eigenvalue weighted by atomic mass is 35.5. The second-order valence-electron chi connectivity index (χ2n) is 6.27. The number of ether oxygens (including phenoxy) is 1. The SMILES string of the molecule is Cl.N[C@H](c1cccc(OCc2ccccc2)c1)C1CCCCC1. The molecule has 1 fully saturated rings. The molecule has 2 aromatic carbocycles. The van der Waals surface area contributed by atoms with Gasteiger partial charge in [0, 0.05) is 6.04 Å². The Morgan fingerprint density at radius 3 is 2.43 bits per heavy atom. The van der Waals surface area contributed by atoms with Gasteiger partial charge in [-0.05, 0) is 42.0 Å². The Hall–Kier alpha value is -1.51. The van der Waals surface area contributed by atoms with E-state index in [1.54, 1.807) is 0 Å². The average Bonchev–Trinajstić information content (AvgIpc) is 2.61. The van der Waals surface area contributed by atoms with Crippen molar-refractivity contribution in [2.75, 3.05) is 0 Å². The number of nitrogens with two attached hydrogens (primary N) is 1. The van der Waals surface area contributed by atoms with Crippen molar-refractivity contribution in [3.8, 4) is 5.75 Å². The molecule has 1 aliphatic rings. The molecular weight excluding hydrogens is 306 g/mol. The molecule has 2 N–H and O–H groups in total. The quantitative estimate of drug-likeness (QED) is 0.810. The lowest BCUT2D eigenvalue weighted by molar-refractivity contribution is 0.298. The van der Waals surface area contributed by atoms with Gasteiger partial charge in [-0.1, -0.05) is 61.7 Å². The van der Waals surface area contributed by atoms with Gasteiger partial charge in [0.05, 0.1) is 0 Å². The molecular formula is C20H26ClNO. The first kappa shape index (κ1) is 17.8. The van der Waals surface area contributed by atoms with Crippen LogP contribution in [0.5, 0.6) is 5.75 Å². The van der Waals surface area contributed by atoms with Crippen molar-refractivity contribution in [3.63, 3.8) is 0 Å². The highest BCUT2D eigenvalue weighted by Gasteiger charge is 2.21. The van der Waals surface area contributed by atoms with E-state index in [0.29, 0.717) is 12.5 Å². The summed E-state index contributed by atoms with van der Waals surface area (Å²) < 4.78 is 5.91. The molecule has 1 aliphatic carbocycles. The third-order valence-corrected chi connectivity index (χ3v) is 4.65. The molecule has 0 amide bonds. The van der Waals surface area contributed by atoms with Gasteiger partial charge in [0.25, 0.3) is 0 Å². The molecule has 23 heavy (non-hydrogen) atoms.